The molecule has 2 bridgehead atoms. The molecule has 3 amide bonds. The van der Waals surface area contributed by atoms with E-state index < -0.39 is 32.9 Å². The van der Waals surface area contributed by atoms with Crippen LogP contribution >= 0.6 is 11.8 Å². The molecule has 3 saturated heterocycles. The van der Waals surface area contributed by atoms with Gasteiger partial charge in [-0.05, 0) is 46.1 Å². The molecule has 0 aromatic heterocycles. The third-order valence-electron chi connectivity index (χ3n) is 8.38. The molecule has 3 fully saturated rings. The second-order valence-electron chi connectivity index (χ2n) is 11.9. The van der Waals surface area contributed by atoms with Crippen LogP contribution in [-0.2, 0) is 20.9 Å². The zero-order valence-electron chi connectivity index (χ0n) is 23.1. The van der Waals surface area contributed by atoms with Gasteiger partial charge in [-0.15, -0.1) is 24.9 Å². The molecule has 3 aliphatic rings. The molecule has 1 aromatic carbocycles. The summed E-state index contributed by atoms with van der Waals surface area (Å²) in [4.78, 5) is 47.8. The summed E-state index contributed by atoms with van der Waals surface area (Å²) in [5.74, 6) is -1.58. The average Bonchev–Trinajstić information content (AvgIpc) is 3.42. The van der Waals surface area contributed by atoms with Gasteiger partial charge in [0, 0.05) is 36.5 Å². The van der Waals surface area contributed by atoms with Crippen LogP contribution in [0.25, 0.3) is 0 Å². The smallest absolute Gasteiger partial charge is 0.247 e. The molecule has 3 heterocycles. The summed E-state index contributed by atoms with van der Waals surface area (Å²) in [6, 6.07) is 9.07. The monoisotopic (exact) mass is 539 g/mol. The lowest BCUT2D eigenvalue weighted by molar-refractivity contribution is -0.147. The summed E-state index contributed by atoms with van der Waals surface area (Å²) in [7, 11) is 0. The van der Waals surface area contributed by atoms with E-state index in [2.05, 4.69) is 20.1 Å². The quantitative estimate of drug-likeness (QED) is 0.461. The van der Waals surface area contributed by atoms with Crippen molar-refractivity contribution in [2.75, 3.05) is 26.2 Å². The first kappa shape index (κ1) is 28.4. The maximum absolute atomic E-state index is 14.3. The van der Waals surface area contributed by atoms with Crippen molar-refractivity contribution >= 4 is 29.5 Å². The maximum Gasteiger partial charge on any atom is 0.247 e. The molecule has 0 aliphatic carbocycles. The van der Waals surface area contributed by atoms with Gasteiger partial charge in [-0.3, -0.25) is 14.4 Å². The number of hydrogen-bond acceptors (Lipinski definition) is 5. The normalized spacial score (nSPS) is 29.8. The first-order chi connectivity index (χ1) is 17.9. The van der Waals surface area contributed by atoms with E-state index in [0.717, 1.165) is 12.0 Å². The van der Waals surface area contributed by atoms with Crippen molar-refractivity contribution in [1.29, 1.82) is 0 Å². The molecular weight excluding hydrogens is 498 g/mol. The van der Waals surface area contributed by atoms with Crippen molar-refractivity contribution in [3.8, 4) is 0 Å². The van der Waals surface area contributed by atoms with Crippen molar-refractivity contribution in [2.45, 2.75) is 68.2 Å². The number of rotatable bonds is 10. The van der Waals surface area contributed by atoms with Crippen molar-refractivity contribution in [3.63, 3.8) is 0 Å². The Hall–Kier alpha value is -2.58. The summed E-state index contributed by atoms with van der Waals surface area (Å²) in [5, 5.41) is 9.90. The lowest BCUT2D eigenvalue weighted by Gasteiger charge is -2.42. The van der Waals surface area contributed by atoms with Gasteiger partial charge in [-0.25, -0.2) is 0 Å². The van der Waals surface area contributed by atoms with Crippen LogP contribution in [0, 0.1) is 11.8 Å². The average molecular weight is 540 g/mol. The second kappa shape index (κ2) is 10.5. The molecule has 1 aromatic rings. The molecule has 1 spiro atoms. The predicted octanol–water partition coefficient (Wildman–Crippen LogP) is 3.49. The fourth-order valence-corrected chi connectivity index (χ4v) is 9.13. The zero-order valence-corrected chi connectivity index (χ0v) is 23.9. The number of likely N-dealkylation sites (tertiary alicyclic amines) is 1. The molecule has 4 rings (SSSR count). The lowest BCUT2D eigenvalue weighted by Crippen LogP contribution is -2.59. The van der Waals surface area contributed by atoms with E-state index in [4.69, 9.17) is 0 Å². The number of benzene rings is 1. The number of aliphatic hydroxyl groups is 1. The Balaban J connectivity index is 1.75. The summed E-state index contributed by atoms with van der Waals surface area (Å²) in [6.07, 6.45) is 4.85. The molecule has 38 heavy (non-hydrogen) atoms. The predicted molar refractivity (Wildman–Crippen MR) is 151 cm³/mol. The van der Waals surface area contributed by atoms with E-state index in [-0.39, 0.29) is 30.9 Å². The Labute approximate surface area is 230 Å². The number of carbonyl (C=O) groups is 3. The van der Waals surface area contributed by atoms with Crippen molar-refractivity contribution in [1.82, 2.24) is 14.7 Å². The minimum Gasteiger partial charge on any atom is -0.395 e. The van der Waals surface area contributed by atoms with Crippen LogP contribution in [0.4, 0.5) is 0 Å². The summed E-state index contributed by atoms with van der Waals surface area (Å²) >= 11 is 1.66. The number of β-amino-alcohol motifs (C(OH)–C–C–N with tert-alkyl or cyclic N) is 1. The summed E-state index contributed by atoms with van der Waals surface area (Å²) < 4.78 is -1.17. The number of aliphatic hydroxyl groups excluding tert-OH is 1. The van der Waals surface area contributed by atoms with Crippen molar-refractivity contribution < 1.29 is 19.5 Å². The number of hydrogen-bond donors (Lipinski definition) is 1. The van der Waals surface area contributed by atoms with Crippen LogP contribution in [0.2, 0.25) is 0 Å². The minimum absolute atomic E-state index is 0.0676. The van der Waals surface area contributed by atoms with E-state index >= 15 is 0 Å². The number of fused-ring (bicyclic) bond motifs is 1. The van der Waals surface area contributed by atoms with Gasteiger partial charge in [0.2, 0.25) is 17.7 Å². The van der Waals surface area contributed by atoms with Gasteiger partial charge in [0.15, 0.2) is 0 Å². The molecule has 0 saturated carbocycles. The first-order valence-corrected chi connectivity index (χ1v) is 14.2. The molecule has 3 aliphatic heterocycles. The van der Waals surface area contributed by atoms with E-state index in [9.17, 15) is 19.5 Å². The second-order valence-corrected chi connectivity index (χ2v) is 13.8. The van der Waals surface area contributed by atoms with E-state index in [1.54, 1.807) is 38.6 Å². The Morgan fingerprint density at radius 3 is 2.37 bits per heavy atom. The molecule has 206 valence electrons. The Bertz CT molecular complexity index is 1100. The molecule has 8 heteroatoms. The highest BCUT2D eigenvalue weighted by atomic mass is 32.2. The first-order valence-electron chi connectivity index (χ1n) is 13.4. The Kier molecular flexibility index (Phi) is 7.88. The van der Waals surface area contributed by atoms with Gasteiger partial charge in [0.1, 0.15) is 6.04 Å². The highest BCUT2D eigenvalue weighted by Gasteiger charge is 2.77. The van der Waals surface area contributed by atoms with Gasteiger partial charge in [-0.1, -0.05) is 42.5 Å². The van der Waals surface area contributed by atoms with Crippen molar-refractivity contribution in [3.05, 3.63) is 61.2 Å². The van der Waals surface area contributed by atoms with Crippen LogP contribution in [0.15, 0.2) is 55.6 Å². The third kappa shape index (κ3) is 4.60. The number of carbonyl (C=O) groups excluding carboxylic acids is 3. The molecule has 1 N–H and O–H groups in total. The van der Waals surface area contributed by atoms with E-state index in [0.29, 0.717) is 26.1 Å². The van der Waals surface area contributed by atoms with Gasteiger partial charge in [-0.2, -0.15) is 0 Å². The standard InChI is InChI=1S/C30H41N3O4S/c1-7-16-31(20-21-12-10-9-11-13-21)25(35)22-23-26(36)32(18-19-34)24(30(23)15-14-29(22,6)38-30)27(37)33(17-8-2)28(3,4)5/h7-13,22-24,34H,1-2,14-20H2,3-6H3/t22-,23+,24?,29+,30?/m1/s1. The van der Waals surface area contributed by atoms with E-state index in [1.807, 2.05) is 51.1 Å². The number of thioether (sulfide) groups is 1. The van der Waals surface area contributed by atoms with Crippen LogP contribution < -0.4 is 0 Å². The molecule has 2 unspecified atom stereocenters. The van der Waals surface area contributed by atoms with Gasteiger partial charge < -0.3 is 19.8 Å². The van der Waals surface area contributed by atoms with Gasteiger partial charge in [0.25, 0.3) is 0 Å². The Morgan fingerprint density at radius 2 is 1.79 bits per heavy atom. The SMILES string of the molecule is C=CCN(Cc1ccccc1)C(=O)[C@H]1[C@H]2C(=O)N(CCO)C(C(=O)N(CC=C)C(C)(C)C)C23CC[C@]1(C)S3. The fraction of sp³-hybridized carbons (Fsp3) is 0.567. The number of amides is 3. The fourth-order valence-electron chi connectivity index (χ4n) is 6.79. The highest BCUT2D eigenvalue weighted by molar-refractivity contribution is 8.02. The van der Waals surface area contributed by atoms with Crippen LogP contribution in [0.5, 0.6) is 0 Å². The van der Waals surface area contributed by atoms with Crippen molar-refractivity contribution in [2.24, 2.45) is 11.8 Å². The molecule has 5 atom stereocenters. The van der Waals surface area contributed by atoms with Crippen LogP contribution in [-0.4, -0.2) is 84.8 Å². The van der Waals surface area contributed by atoms with Crippen LogP contribution in [0.1, 0.15) is 46.1 Å². The number of nitrogens with zero attached hydrogens (tertiary/aromatic N) is 3. The molecular formula is C30H41N3O4S. The third-order valence-corrected chi connectivity index (χ3v) is 10.4. The van der Waals surface area contributed by atoms with E-state index in [1.165, 1.54) is 0 Å². The molecule has 7 nitrogen and oxygen atoms in total. The van der Waals surface area contributed by atoms with Gasteiger partial charge in [0.05, 0.1) is 23.2 Å². The lowest BCUT2D eigenvalue weighted by atomic mass is 9.66. The van der Waals surface area contributed by atoms with Crippen LogP contribution in [0.3, 0.4) is 0 Å². The summed E-state index contributed by atoms with van der Waals surface area (Å²) in [6.45, 7) is 16.7. The Morgan fingerprint density at radius 1 is 1.13 bits per heavy atom. The highest BCUT2D eigenvalue weighted by Crippen LogP contribution is 2.71. The largest absolute Gasteiger partial charge is 0.395 e. The minimum atomic E-state index is -0.738. The topological polar surface area (TPSA) is 81.2 Å². The zero-order chi connectivity index (χ0) is 27.9. The maximum atomic E-state index is 14.3. The van der Waals surface area contributed by atoms with Gasteiger partial charge >= 0.3 is 0 Å². The molecule has 0 radical (unpaired) electrons. The summed E-state index contributed by atoms with van der Waals surface area (Å²) in [5.41, 5.74) is 0.529.